The lowest BCUT2D eigenvalue weighted by Crippen LogP contribution is -1.95. The molecule has 0 radical (unpaired) electrons. The summed E-state index contributed by atoms with van der Waals surface area (Å²) < 4.78 is 0. The van der Waals surface area contributed by atoms with Crippen LogP contribution in [-0.2, 0) is 0 Å². The molecule has 0 saturated heterocycles. The van der Waals surface area contributed by atoms with Crippen LogP contribution in [0.4, 0.5) is 0 Å². The van der Waals surface area contributed by atoms with Crippen LogP contribution in [0.15, 0.2) is 122 Å². The van der Waals surface area contributed by atoms with Crippen molar-refractivity contribution in [1.82, 2.24) is 0 Å². The van der Waals surface area contributed by atoms with E-state index < -0.39 is 0 Å². The van der Waals surface area contributed by atoms with Crippen molar-refractivity contribution in [2.75, 3.05) is 0 Å². The van der Waals surface area contributed by atoms with Crippen LogP contribution in [0.5, 0.6) is 0 Å². The molecule has 0 aromatic heterocycles. The lowest BCUT2D eigenvalue weighted by molar-refractivity contribution is 1.50. The summed E-state index contributed by atoms with van der Waals surface area (Å²) in [6.07, 6.45) is 11.7. The first kappa shape index (κ1) is 25.7. The molecule has 0 heteroatoms. The maximum atomic E-state index is 4.27. The van der Waals surface area contributed by atoms with Gasteiger partial charge in [-0.25, -0.2) is 0 Å². The first-order chi connectivity index (χ1) is 15.2. The van der Waals surface area contributed by atoms with Crippen LogP contribution in [0, 0.1) is 0 Å². The SMILES string of the molecule is C=C/C=C\C(=C)C(=C/C)/C(=C\C=C)c1c2ccccc2cc2ccccc12.CC.CC. The monoisotopic (exact) mass is 408 g/mol. The number of fused-ring (bicyclic) bond motifs is 2. The zero-order valence-corrected chi connectivity index (χ0v) is 19.8. The van der Waals surface area contributed by atoms with E-state index >= 15 is 0 Å². The Hall–Kier alpha value is -3.38. The quantitative estimate of drug-likeness (QED) is 0.281. The molecule has 3 rings (SSSR count). The molecule has 0 bridgehead atoms. The molecule has 0 nitrogen and oxygen atoms in total. The Morgan fingerprint density at radius 3 is 1.74 bits per heavy atom. The molecule has 0 unspecified atom stereocenters. The smallest absolute Gasteiger partial charge is 0.00207 e. The van der Waals surface area contributed by atoms with Crippen LogP contribution in [0.1, 0.15) is 40.2 Å². The van der Waals surface area contributed by atoms with Crippen LogP contribution in [0.3, 0.4) is 0 Å². The third-order valence-electron chi connectivity index (χ3n) is 4.68. The molecule has 0 N–H and O–H groups in total. The predicted molar refractivity (Wildman–Crippen MR) is 145 cm³/mol. The highest BCUT2D eigenvalue weighted by Crippen LogP contribution is 2.38. The number of hydrogen-bond donors (Lipinski definition) is 0. The van der Waals surface area contributed by atoms with Crippen molar-refractivity contribution in [1.29, 1.82) is 0 Å². The van der Waals surface area contributed by atoms with E-state index in [-0.39, 0.29) is 0 Å². The van der Waals surface area contributed by atoms with Gasteiger partial charge in [0, 0.05) is 0 Å². The van der Waals surface area contributed by atoms with E-state index in [1.807, 2.05) is 52.8 Å². The van der Waals surface area contributed by atoms with Gasteiger partial charge in [-0.2, -0.15) is 0 Å². The third-order valence-corrected chi connectivity index (χ3v) is 4.68. The number of benzene rings is 3. The number of rotatable bonds is 6. The van der Waals surface area contributed by atoms with E-state index in [1.165, 1.54) is 27.1 Å². The molecular formula is C31H36. The summed E-state index contributed by atoms with van der Waals surface area (Å²) in [5, 5.41) is 4.90. The van der Waals surface area contributed by atoms with Gasteiger partial charge >= 0.3 is 0 Å². The average molecular weight is 409 g/mol. The molecule has 0 aliphatic heterocycles. The summed E-state index contributed by atoms with van der Waals surface area (Å²) in [7, 11) is 0. The second-order valence-corrected chi connectivity index (χ2v) is 6.33. The summed E-state index contributed by atoms with van der Waals surface area (Å²) >= 11 is 0. The molecule has 3 aromatic rings. The van der Waals surface area contributed by atoms with Crippen molar-refractivity contribution in [2.24, 2.45) is 0 Å². The summed E-state index contributed by atoms with van der Waals surface area (Å²) in [5.41, 5.74) is 4.38. The van der Waals surface area contributed by atoms with Gasteiger partial charge < -0.3 is 0 Å². The highest BCUT2D eigenvalue weighted by atomic mass is 14.2. The Morgan fingerprint density at radius 2 is 1.29 bits per heavy atom. The van der Waals surface area contributed by atoms with Gasteiger partial charge in [0.25, 0.3) is 0 Å². The lowest BCUT2D eigenvalue weighted by Gasteiger charge is -2.18. The largest absolute Gasteiger partial charge is 0.0991 e. The van der Waals surface area contributed by atoms with Crippen molar-refractivity contribution < 1.29 is 0 Å². The Morgan fingerprint density at radius 1 is 0.774 bits per heavy atom. The zero-order valence-electron chi connectivity index (χ0n) is 19.8. The zero-order chi connectivity index (χ0) is 23.2. The molecule has 160 valence electrons. The highest BCUT2D eigenvalue weighted by Gasteiger charge is 2.15. The van der Waals surface area contributed by atoms with Crippen molar-refractivity contribution >= 4 is 27.1 Å². The number of allylic oxidation sites excluding steroid dienone is 9. The fourth-order valence-electron chi connectivity index (χ4n) is 3.52. The van der Waals surface area contributed by atoms with Gasteiger partial charge in [0.1, 0.15) is 0 Å². The molecule has 0 fully saturated rings. The van der Waals surface area contributed by atoms with Crippen molar-refractivity contribution in [3.63, 3.8) is 0 Å². The van der Waals surface area contributed by atoms with E-state index in [1.54, 1.807) is 6.08 Å². The molecule has 0 spiro atoms. The molecule has 0 amide bonds. The van der Waals surface area contributed by atoms with Gasteiger partial charge in [0.15, 0.2) is 0 Å². The Labute approximate surface area is 189 Å². The minimum Gasteiger partial charge on any atom is -0.0991 e. The van der Waals surface area contributed by atoms with Crippen molar-refractivity contribution in [2.45, 2.75) is 34.6 Å². The Bertz CT molecular complexity index is 1060. The maximum absolute atomic E-state index is 4.27. The summed E-state index contributed by atoms with van der Waals surface area (Å²) in [6.45, 7) is 22.0. The van der Waals surface area contributed by atoms with E-state index in [2.05, 4.69) is 86.5 Å². The first-order valence-electron chi connectivity index (χ1n) is 11.1. The normalized spacial score (nSPS) is 11.4. The molecule has 0 atom stereocenters. The van der Waals surface area contributed by atoms with E-state index in [0.29, 0.717) is 0 Å². The van der Waals surface area contributed by atoms with Gasteiger partial charge in [0.2, 0.25) is 0 Å². The topological polar surface area (TPSA) is 0 Å². The van der Waals surface area contributed by atoms with Gasteiger partial charge in [-0.3, -0.25) is 0 Å². The Kier molecular flexibility index (Phi) is 11.4. The minimum absolute atomic E-state index is 0.947. The molecule has 0 aliphatic rings. The van der Waals surface area contributed by atoms with Crippen LogP contribution in [0.2, 0.25) is 0 Å². The fraction of sp³-hybridized carbons (Fsp3) is 0.161. The van der Waals surface area contributed by atoms with Gasteiger partial charge in [0.05, 0.1) is 0 Å². The summed E-state index contributed by atoms with van der Waals surface area (Å²) in [4.78, 5) is 0. The van der Waals surface area contributed by atoms with E-state index in [9.17, 15) is 0 Å². The minimum atomic E-state index is 0.947. The van der Waals surface area contributed by atoms with Crippen molar-refractivity contribution in [3.05, 3.63) is 127 Å². The second kappa shape index (κ2) is 13.8. The molecule has 0 heterocycles. The molecule has 0 aliphatic carbocycles. The van der Waals surface area contributed by atoms with Crippen LogP contribution >= 0.6 is 0 Å². The lowest BCUT2D eigenvalue weighted by atomic mass is 9.85. The average Bonchev–Trinajstić information content (AvgIpc) is 2.83. The van der Waals surface area contributed by atoms with Crippen LogP contribution in [-0.4, -0.2) is 0 Å². The van der Waals surface area contributed by atoms with Crippen LogP contribution < -0.4 is 0 Å². The van der Waals surface area contributed by atoms with E-state index in [4.69, 9.17) is 0 Å². The van der Waals surface area contributed by atoms with Crippen LogP contribution in [0.25, 0.3) is 27.1 Å². The standard InChI is InChI=1S/C27H24.2C2H6/c1-5-8-14-20(4)23(7-3)26(13-6-2)27-24-17-11-9-15-21(24)19-22-16-10-12-18-25(22)27;2*1-2/h5-19H,1-2,4H2,3H3;2*1-2H3/b14-8-,23-7-,26-13+;;. The fourth-order valence-corrected chi connectivity index (χ4v) is 3.52. The third kappa shape index (κ3) is 6.06. The summed E-state index contributed by atoms with van der Waals surface area (Å²) in [6, 6.07) is 19.3. The van der Waals surface area contributed by atoms with E-state index in [0.717, 1.165) is 16.7 Å². The summed E-state index contributed by atoms with van der Waals surface area (Å²) in [5.74, 6) is 0. The first-order valence-corrected chi connectivity index (χ1v) is 11.1. The number of hydrogen-bond acceptors (Lipinski definition) is 0. The maximum Gasteiger partial charge on any atom is -0.00207 e. The molecule has 3 aromatic carbocycles. The second-order valence-electron chi connectivity index (χ2n) is 6.33. The molecular weight excluding hydrogens is 372 g/mol. The van der Waals surface area contributed by atoms with Crippen molar-refractivity contribution in [3.8, 4) is 0 Å². The van der Waals surface area contributed by atoms with Gasteiger partial charge in [-0.05, 0) is 56.8 Å². The Balaban J connectivity index is 0.00000113. The molecule has 31 heavy (non-hydrogen) atoms. The van der Waals surface area contributed by atoms with Gasteiger partial charge in [-0.15, -0.1) is 0 Å². The van der Waals surface area contributed by atoms with Gasteiger partial charge in [-0.1, -0.05) is 132 Å². The molecule has 0 saturated carbocycles. The highest BCUT2D eigenvalue weighted by molar-refractivity contribution is 6.12. The predicted octanol–water partition coefficient (Wildman–Crippen LogP) is 9.86.